The molecule has 0 amide bonds. The molecule has 1 N–H and O–H groups in total. The number of hydrogen-bond acceptors (Lipinski definition) is 4. The van der Waals surface area contributed by atoms with Crippen molar-refractivity contribution < 1.29 is 19.2 Å². The Balaban J connectivity index is 2.00. The highest BCUT2D eigenvalue weighted by Gasteiger charge is 2.52. The second-order valence-electron chi connectivity index (χ2n) is 8.72. The molecule has 2 aromatic carbocycles. The summed E-state index contributed by atoms with van der Waals surface area (Å²) in [6.45, 7) is 14.4. The molecule has 1 aliphatic rings. The summed E-state index contributed by atoms with van der Waals surface area (Å²) in [6.07, 6.45) is 0. The SMILES string of the molecule is CCOc1cc(C(C)(O)c2cccc(C)c2)ccc1B1OC(C)(C)C(C)(C)O1. The standard InChI is InChI=1S/C23H31BO4/c1-8-26-20-15-18(23(7,25)17-11-9-10-16(2)14-17)12-13-19(20)24-27-21(3,4)22(5,6)28-24/h9-15,25H,8H2,1-7H3. The van der Waals surface area contributed by atoms with Crippen LogP contribution in [0.1, 0.15) is 58.2 Å². The first-order chi connectivity index (χ1) is 13.0. The number of hydrogen-bond donors (Lipinski definition) is 1. The predicted octanol–water partition coefficient (Wildman–Crippen LogP) is 3.95. The lowest BCUT2D eigenvalue weighted by Crippen LogP contribution is -2.41. The summed E-state index contributed by atoms with van der Waals surface area (Å²) < 4.78 is 18.3. The van der Waals surface area contributed by atoms with Gasteiger partial charge >= 0.3 is 7.12 Å². The molecule has 1 aliphatic heterocycles. The summed E-state index contributed by atoms with van der Waals surface area (Å²) in [5.41, 5.74) is 1.58. The van der Waals surface area contributed by atoms with Crippen LogP contribution in [0.15, 0.2) is 42.5 Å². The van der Waals surface area contributed by atoms with Gasteiger partial charge in [-0.15, -0.1) is 0 Å². The predicted molar refractivity (Wildman–Crippen MR) is 113 cm³/mol. The molecular formula is C23H31BO4. The van der Waals surface area contributed by atoms with Gasteiger partial charge in [-0.25, -0.2) is 0 Å². The van der Waals surface area contributed by atoms with Crippen LogP contribution in [0.5, 0.6) is 5.75 Å². The van der Waals surface area contributed by atoms with Crippen molar-refractivity contribution in [2.24, 2.45) is 0 Å². The zero-order chi connectivity index (χ0) is 20.7. The molecule has 1 atom stereocenters. The first kappa shape index (κ1) is 20.9. The van der Waals surface area contributed by atoms with Gasteiger partial charge in [0.1, 0.15) is 11.4 Å². The van der Waals surface area contributed by atoms with Crippen molar-refractivity contribution in [3.63, 3.8) is 0 Å². The maximum atomic E-state index is 11.3. The van der Waals surface area contributed by atoms with Gasteiger partial charge in [0.2, 0.25) is 0 Å². The first-order valence-electron chi connectivity index (χ1n) is 9.90. The number of aliphatic hydroxyl groups is 1. The van der Waals surface area contributed by atoms with Crippen molar-refractivity contribution in [1.29, 1.82) is 0 Å². The highest BCUT2D eigenvalue weighted by molar-refractivity contribution is 6.63. The zero-order valence-corrected chi connectivity index (χ0v) is 18.0. The Bertz CT molecular complexity index is 841. The molecular weight excluding hydrogens is 351 g/mol. The van der Waals surface area contributed by atoms with Crippen LogP contribution in [-0.4, -0.2) is 30.0 Å². The van der Waals surface area contributed by atoms with E-state index < -0.39 is 23.9 Å². The molecule has 0 saturated carbocycles. The summed E-state index contributed by atoms with van der Waals surface area (Å²) in [7, 11) is -0.510. The fourth-order valence-electron chi connectivity index (χ4n) is 3.40. The molecule has 4 nitrogen and oxygen atoms in total. The van der Waals surface area contributed by atoms with Crippen molar-refractivity contribution in [2.45, 2.75) is 65.3 Å². The van der Waals surface area contributed by atoms with Gasteiger partial charge in [0, 0.05) is 5.46 Å². The van der Waals surface area contributed by atoms with Crippen LogP contribution in [0.25, 0.3) is 0 Å². The highest BCUT2D eigenvalue weighted by atomic mass is 16.7. The summed E-state index contributed by atoms with van der Waals surface area (Å²) >= 11 is 0. The monoisotopic (exact) mass is 382 g/mol. The molecule has 0 aliphatic carbocycles. The third kappa shape index (κ3) is 3.71. The number of benzene rings is 2. The zero-order valence-electron chi connectivity index (χ0n) is 18.0. The Labute approximate surface area is 169 Å². The number of ether oxygens (including phenoxy) is 1. The van der Waals surface area contributed by atoms with Crippen LogP contribution in [-0.2, 0) is 14.9 Å². The van der Waals surface area contributed by atoms with E-state index in [-0.39, 0.29) is 0 Å². The molecule has 150 valence electrons. The summed E-state index contributed by atoms with van der Waals surface area (Å²) in [4.78, 5) is 0. The first-order valence-corrected chi connectivity index (χ1v) is 9.90. The largest absolute Gasteiger partial charge is 0.498 e. The van der Waals surface area contributed by atoms with Crippen LogP contribution in [0.4, 0.5) is 0 Å². The Morgan fingerprint density at radius 3 is 2.18 bits per heavy atom. The van der Waals surface area contributed by atoms with Crippen LogP contribution in [0, 0.1) is 6.92 Å². The van der Waals surface area contributed by atoms with Gasteiger partial charge in [-0.3, -0.25) is 0 Å². The lowest BCUT2D eigenvalue weighted by molar-refractivity contribution is 0.00578. The molecule has 0 aromatic heterocycles. The van der Waals surface area contributed by atoms with Crippen molar-refractivity contribution in [3.8, 4) is 5.75 Å². The Hall–Kier alpha value is -1.82. The van der Waals surface area contributed by atoms with E-state index in [4.69, 9.17) is 14.0 Å². The van der Waals surface area contributed by atoms with Gasteiger partial charge in [-0.05, 0) is 65.7 Å². The summed E-state index contributed by atoms with van der Waals surface area (Å²) in [5, 5.41) is 11.3. The molecule has 28 heavy (non-hydrogen) atoms. The topological polar surface area (TPSA) is 47.9 Å². The molecule has 1 saturated heterocycles. The molecule has 5 heteroatoms. The van der Waals surface area contributed by atoms with Gasteiger partial charge in [0.25, 0.3) is 0 Å². The molecule has 0 spiro atoms. The van der Waals surface area contributed by atoms with E-state index in [1.165, 1.54) is 0 Å². The number of rotatable bonds is 5. The van der Waals surface area contributed by atoms with Gasteiger partial charge in [-0.2, -0.15) is 0 Å². The third-order valence-corrected chi connectivity index (χ3v) is 5.96. The van der Waals surface area contributed by atoms with E-state index in [0.29, 0.717) is 12.4 Å². The summed E-state index contributed by atoms with van der Waals surface area (Å²) in [6, 6.07) is 13.7. The summed E-state index contributed by atoms with van der Waals surface area (Å²) in [5.74, 6) is 0.673. The highest BCUT2D eigenvalue weighted by Crippen LogP contribution is 2.38. The van der Waals surface area contributed by atoms with Gasteiger partial charge in [0.05, 0.1) is 17.8 Å². The van der Waals surface area contributed by atoms with Crippen molar-refractivity contribution >= 4 is 12.6 Å². The fraction of sp³-hybridized carbons (Fsp3) is 0.478. The smallest absolute Gasteiger partial charge is 0.494 e. The minimum absolute atomic E-state index is 0.424. The van der Waals surface area contributed by atoms with Crippen molar-refractivity contribution in [3.05, 3.63) is 59.2 Å². The lowest BCUT2D eigenvalue weighted by Gasteiger charge is -2.32. The average Bonchev–Trinajstić information content (AvgIpc) is 2.82. The molecule has 0 bridgehead atoms. The van der Waals surface area contributed by atoms with Gasteiger partial charge in [0.15, 0.2) is 0 Å². The van der Waals surface area contributed by atoms with Crippen LogP contribution in [0.2, 0.25) is 0 Å². The number of aryl methyl sites for hydroxylation is 1. The fourth-order valence-corrected chi connectivity index (χ4v) is 3.40. The van der Waals surface area contributed by atoms with Crippen molar-refractivity contribution in [2.75, 3.05) is 6.61 Å². The molecule has 0 radical (unpaired) electrons. The van der Waals surface area contributed by atoms with Crippen LogP contribution in [0.3, 0.4) is 0 Å². The minimum Gasteiger partial charge on any atom is -0.494 e. The van der Waals surface area contributed by atoms with Gasteiger partial charge < -0.3 is 19.2 Å². The minimum atomic E-state index is -1.13. The van der Waals surface area contributed by atoms with Crippen LogP contribution < -0.4 is 10.2 Å². The third-order valence-electron chi connectivity index (χ3n) is 5.96. The van der Waals surface area contributed by atoms with E-state index in [1.807, 2.05) is 84.0 Å². The maximum Gasteiger partial charge on any atom is 0.498 e. The normalized spacial score (nSPS) is 20.1. The van der Waals surface area contributed by atoms with Gasteiger partial charge in [-0.1, -0.05) is 42.0 Å². The van der Waals surface area contributed by atoms with E-state index in [9.17, 15) is 5.11 Å². The van der Waals surface area contributed by atoms with Crippen LogP contribution >= 0.6 is 0 Å². The average molecular weight is 382 g/mol. The molecule has 1 unspecified atom stereocenters. The Morgan fingerprint density at radius 2 is 1.61 bits per heavy atom. The van der Waals surface area contributed by atoms with E-state index in [1.54, 1.807) is 6.92 Å². The molecule has 3 rings (SSSR count). The lowest BCUT2D eigenvalue weighted by atomic mass is 9.76. The maximum absolute atomic E-state index is 11.3. The Kier molecular flexibility index (Phi) is 5.39. The quantitative estimate of drug-likeness (QED) is 0.796. The van der Waals surface area contributed by atoms with E-state index in [0.717, 1.165) is 22.2 Å². The second kappa shape index (κ2) is 7.22. The molecule has 1 fully saturated rings. The molecule has 2 aromatic rings. The van der Waals surface area contributed by atoms with E-state index >= 15 is 0 Å². The van der Waals surface area contributed by atoms with E-state index in [2.05, 4.69) is 0 Å². The molecule has 1 heterocycles. The Morgan fingerprint density at radius 1 is 1.00 bits per heavy atom. The second-order valence-corrected chi connectivity index (χ2v) is 8.72. The van der Waals surface area contributed by atoms with Crippen molar-refractivity contribution in [1.82, 2.24) is 0 Å².